The van der Waals surface area contributed by atoms with Gasteiger partial charge in [-0.15, -0.1) is 0 Å². The molecule has 0 saturated carbocycles. The summed E-state index contributed by atoms with van der Waals surface area (Å²) in [5.74, 6) is -0.193. The van der Waals surface area contributed by atoms with Gasteiger partial charge >= 0.3 is 184 Å². The average Bonchev–Trinajstić information content (AvgIpc) is 2.85. The van der Waals surface area contributed by atoms with Gasteiger partial charge in [0.1, 0.15) is 0 Å². The van der Waals surface area contributed by atoms with Crippen molar-refractivity contribution < 1.29 is 18.0 Å². The molecule has 0 amide bonds. The van der Waals surface area contributed by atoms with Crippen LogP contribution in [0.1, 0.15) is 27.4 Å². The molecular weight excluding hydrogens is 488 g/mol. The number of carbonyl (C=O) groups is 1. The van der Waals surface area contributed by atoms with E-state index in [0.717, 1.165) is 28.6 Å². The molecule has 4 rings (SSSR count). The second-order valence-electron chi connectivity index (χ2n) is 7.60. The van der Waals surface area contributed by atoms with Crippen LogP contribution in [0.5, 0.6) is 0 Å². The van der Waals surface area contributed by atoms with E-state index in [1.165, 1.54) is 16.6 Å². The van der Waals surface area contributed by atoms with Crippen molar-refractivity contribution in [3.63, 3.8) is 0 Å². The molecule has 0 aromatic heterocycles. The van der Waals surface area contributed by atoms with Gasteiger partial charge in [0.15, 0.2) is 0 Å². The number of Topliss-reactive ketones (excluding diaryl/α,β-unsaturated/α-hetero) is 1. The Bertz CT molecular complexity index is 1190. The Morgan fingerprint density at radius 1 is 0.697 bits per heavy atom. The fourth-order valence-corrected chi connectivity index (χ4v) is 5.79. The van der Waals surface area contributed by atoms with Gasteiger partial charge in [-0.2, -0.15) is 13.2 Å². The van der Waals surface area contributed by atoms with Crippen LogP contribution in [-0.2, 0) is 6.18 Å². The van der Waals surface area contributed by atoms with Gasteiger partial charge in [-0.05, 0) is 0 Å². The molecule has 0 heterocycles. The van der Waals surface area contributed by atoms with Crippen molar-refractivity contribution in [1.82, 2.24) is 0 Å². The van der Waals surface area contributed by atoms with Crippen LogP contribution < -0.4 is 4.46 Å². The van der Waals surface area contributed by atoms with E-state index in [2.05, 4.69) is 12.1 Å². The molecule has 1 unspecified atom stereocenters. The SMILES string of the molecule is O=C(c1ccc(-c2ccc(C(F)(F)F)cc2)cc1)C(C[Se]c1ccccc1)c1ccccc1. The first-order valence-corrected chi connectivity index (χ1v) is 12.5. The number of benzene rings is 4. The summed E-state index contributed by atoms with van der Waals surface area (Å²) < 4.78 is 39.7. The van der Waals surface area contributed by atoms with Gasteiger partial charge in [-0.1, -0.05) is 0 Å². The van der Waals surface area contributed by atoms with Crippen molar-refractivity contribution in [2.75, 3.05) is 0 Å². The number of hydrogen-bond acceptors (Lipinski definition) is 1. The first kappa shape index (κ1) is 23.0. The van der Waals surface area contributed by atoms with Gasteiger partial charge < -0.3 is 0 Å². The molecule has 0 fully saturated rings. The van der Waals surface area contributed by atoms with E-state index in [0.29, 0.717) is 11.1 Å². The molecule has 33 heavy (non-hydrogen) atoms. The number of halogens is 3. The zero-order valence-electron chi connectivity index (χ0n) is 17.6. The van der Waals surface area contributed by atoms with E-state index >= 15 is 0 Å². The third-order valence-corrected chi connectivity index (χ3v) is 7.71. The Labute approximate surface area is 197 Å². The van der Waals surface area contributed by atoms with E-state index in [1.54, 1.807) is 24.3 Å². The molecule has 5 heteroatoms. The van der Waals surface area contributed by atoms with Crippen molar-refractivity contribution in [3.05, 3.63) is 126 Å². The summed E-state index contributed by atoms with van der Waals surface area (Å²) in [7, 11) is 0. The molecule has 0 aliphatic heterocycles. The third-order valence-electron chi connectivity index (χ3n) is 5.39. The molecule has 0 radical (unpaired) electrons. The first-order valence-electron chi connectivity index (χ1n) is 10.5. The Morgan fingerprint density at radius 3 is 1.76 bits per heavy atom. The maximum absolute atomic E-state index is 13.5. The summed E-state index contributed by atoms with van der Waals surface area (Å²) in [6.45, 7) is 0. The zero-order valence-corrected chi connectivity index (χ0v) is 19.3. The predicted molar refractivity (Wildman–Crippen MR) is 127 cm³/mol. The van der Waals surface area contributed by atoms with Crippen LogP contribution in [-0.4, -0.2) is 20.7 Å². The summed E-state index contributed by atoms with van der Waals surface area (Å²) in [6, 6.07) is 32.1. The summed E-state index contributed by atoms with van der Waals surface area (Å²) in [5, 5.41) is 0.751. The van der Waals surface area contributed by atoms with Crippen LogP contribution in [0.2, 0.25) is 5.32 Å². The van der Waals surface area contributed by atoms with Crippen molar-refractivity contribution in [2.45, 2.75) is 17.4 Å². The molecular formula is C28H21F3OSe. The third kappa shape index (κ3) is 5.81. The Hall–Kier alpha value is -3.14. The summed E-state index contributed by atoms with van der Waals surface area (Å²) in [6.07, 6.45) is -4.36. The van der Waals surface area contributed by atoms with Gasteiger partial charge in [-0.25, -0.2) is 0 Å². The second-order valence-corrected chi connectivity index (χ2v) is 9.90. The van der Waals surface area contributed by atoms with E-state index in [1.807, 2.05) is 48.5 Å². The van der Waals surface area contributed by atoms with Gasteiger partial charge in [0, 0.05) is 0 Å². The topological polar surface area (TPSA) is 17.1 Å². The molecule has 1 atom stereocenters. The van der Waals surface area contributed by atoms with Crippen molar-refractivity contribution in [3.8, 4) is 11.1 Å². The van der Waals surface area contributed by atoms with Gasteiger partial charge in [0.25, 0.3) is 0 Å². The molecule has 4 aromatic rings. The summed E-state index contributed by atoms with van der Waals surface area (Å²) in [5.41, 5.74) is 2.36. The van der Waals surface area contributed by atoms with Crippen molar-refractivity contribution in [2.24, 2.45) is 0 Å². The number of rotatable bonds is 7. The molecule has 0 N–H and O–H groups in total. The fraction of sp³-hybridized carbons (Fsp3) is 0.107. The minimum absolute atomic E-state index is 0.0537. The van der Waals surface area contributed by atoms with Gasteiger partial charge in [0.05, 0.1) is 0 Å². The standard InChI is InChI=1S/C28H21F3OSe/c29-28(30,31)24-17-15-21(16-18-24)20-11-13-23(14-12-20)27(32)26(22-7-3-1-4-8-22)19-33-25-9-5-2-6-10-25/h1-18,26H,19H2. The molecule has 0 bridgehead atoms. The molecule has 166 valence electrons. The molecule has 0 saturated heterocycles. The quantitative estimate of drug-likeness (QED) is 0.198. The van der Waals surface area contributed by atoms with Crippen LogP contribution in [0.25, 0.3) is 11.1 Å². The van der Waals surface area contributed by atoms with Crippen LogP contribution in [0.3, 0.4) is 0 Å². The Morgan fingerprint density at radius 2 is 1.21 bits per heavy atom. The molecule has 0 spiro atoms. The first-order chi connectivity index (χ1) is 15.9. The second kappa shape index (κ2) is 10.2. The Kier molecular flexibility index (Phi) is 7.12. The fourth-order valence-electron chi connectivity index (χ4n) is 3.58. The van der Waals surface area contributed by atoms with E-state index in [-0.39, 0.29) is 26.7 Å². The molecule has 0 aliphatic carbocycles. The normalized spacial score (nSPS) is 12.3. The minimum atomic E-state index is -4.36. The average molecular weight is 509 g/mol. The van der Waals surface area contributed by atoms with Crippen LogP contribution in [0.15, 0.2) is 109 Å². The monoisotopic (exact) mass is 510 g/mol. The van der Waals surface area contributed by atoms with Gasteiger partial charge in [0.2, 0.25) is 0 Å². The predicted octanol–water partition coefficient (Wildman–Crippen LogP) is 6.79. The van der Waals surface area contributed by atoms with Crippen LogP contribution in [0.4, 0.5) is 13.2 Å². The number of hydrogen-bond donors (Lipinski definition) is 0. The van der Waals surface area contributed by atoms with Crippen LogP contribution in [0, 0.1) is 0 Å². The Balaban J connectivity index is 1.55. The van der Waals surface area contributed by atoms with E-state index < -0.39 is 11.7 Å². The molecule has 0 aliphatic rings. The number of ketones is 1. The van der Waals surface area contributed by atoms with E-state index in [9.17, 15) is 18.0 Å². The molecule has 4 aromatic carbocycles. The van der Waals surface area contributed by atoms with E-state index in [4.69, 9.17) is 0 Å². The van der Waals surface area contributed by atoms with Gasteiger partial charge in [-0.3, -0.25) is 0 Å². The zero-order chi connectivity index (χ0) is 23.3. The summed E-state index contributed by atoms with van der Waals surface area (Å²) in [4.78, 5) is 13.5. The summed E-state index contributed by atoms with van der Waals surface area (Å²) >= 11 is 0.150. The van der Waals surface area contributed by atoms with Crippen LogP contribution >= 0.6 is 0 Å². The number of alkyl halides is 3. The van der Waals surface area contributed by atoms with Crippen molar-refractivity contribution in [1.29, 1.82) is 0 Å². The maximum atomic E-state index is 13.5. The molecule has 1 nitrogen and oxygen atoms in total. The number of carbonyl (C=O) groups excluding carboxylic acids is 1. The van der Waals surface area contributed by atoms with Crippen molar-refractivity contribution >= 4 is 25.2 Å².